The number of nitrogens with one attached hydrogen (secondary N) is 1. The van der Waals surface area contributed by atoms with Crippen molar-refractivity contribution >= 4 is 11.6 Å². The lowest BCUT2D eigenvalue weighted by atomic mass is 10.0. The molecule has 0 atom stereocenters. The second-order valence-corrected chi connectivity index (χ2v) is 3.38. The number of nitrogens with zero attached hydrogens (tertiary/aromatic N) is 1. The Morgan fingerprint density at radius 2 is 2.00 bits per heavy atom. The van der Waals surface area contributed by atoms with Crippen molar-refractivity contribution in [3.05, 3.63) is 29.3 Å². The Balaban J connectivity index is 2.41. The predicted molar refractivity (Wildman–Crippen MR) is 51.9 cm³/mol. The first-order valence-corrected chi connectivity index (χ1v) is 4.61. The molecule has 0 spiro atoms. The molecule has 2 rings (SSSR count). The number of amides is 1. The second-order valence-electron chi connectivity index (χ2n) is 3.38. The first-order valence-electron chi connectivity index (χ1n) is 4.61. The molecule has 0 unspecified atom stereocenters. The van der Waals surface area contributed by atoms with E-state index >= 15 is 0 Å². The number of carbonyl (C=O) groups excluding carboxylic acids is 1. The number of phenolic OH excluding ortho intramolecular Hbond substituents is 1. The third-order valence-corrected chi connectivity index (χ3v) is 2.25. The molecule has 1 aromatic rings. The molecule has 1 heterocycles. The summed E-state index contributed by atoms with van der Waals surface area (Å²) in [5.74, 6) is -2.70. The van der Waals surface area contributed by atoms with Crippen LogP contribution in [0.15, 0.2) is 17.2 Å². The Morgan fingerprint density at radius 1 is 1.25 bits per heavy atom. The maximum absolute atomic E-state index is 13.4. The van der Waals surface area contributed by atoms with Crippen molar-refractivity contribution in [1.29, 1.82) is 0 Å². The smallest absolute Gasteiger partial charge is 0.240 e. The molecule has 0 bridgehead atoms. The van der Waals surface area contributed by atoms with Crippen LogP contribution >= 0.6 is 0 Å². The average Bonchev–Trinajstić information content (AvgIpc) is 2.25. The molecule has 0 aromatic heterocycles. The van der Waals surface area contributed by atoms with E-state index in [9.17, 15) is 13.6 Å². The summed E-state index contributed by atoms with van der Waals surface area (Å²) in [5.41, 5.74) is 2.40. The van der Waals surface area contributed by atoms with Crippen molar-refractivity contribution in [2.45, 2.75) is 12.8 Å². The van der Waals surface area contributed by atoms with Crippen LogP contribution in [0.5, 0.6) is 5.75 Å². The van der Waals surface area contributed by atoms with E-state index in [0.29, 0.717) is 6.07 Å². The van der Waals surface area contributed by atoms with Crippen LogP contribution in [-0.4, -0.2) is 16.7 Å². The molecule has 4 nitrogen and oxygen atoms in total. The van der Waals surface area contributed by atoms with Crippen molar-refractivity contribution in [2.75, 3.05) is 0 Å². The first-order chi connectivity index (χ1) is 7.58. The highest BCUT2D eigenvalue weighted by Gasteiger charge is 2.18. The van der Waals surface area contributed by atoms with Crippen LogP contribution in [0.3, 0.4) is 0 Å². The molecule has 0 aliphatic carbocycles. The van der Waals surface area contributed by atoms with Crippen LogP contribution in [-0.2, 0) is 4.79 Å². The summed E-state index contributed by atoms with van der Waals surface area (Å²) in [6.45, 7) is 0. The van der Waals surface area contributed by atoms with Crippen molar-refractivity contribution < 1.29 is 18.7 Å². The summed E-state index contributed by atoms with van der Waals surface area (Å²) >= 11 is 0. The SMILES string of the molecule is O=C1CCC(c2cc(F)c(O)cc2F)=NN1. The molecule has 0 saturated heterocycles. The molecule has 0 radical (unpaired) electrons. The molecule has 2 N–H and O–H groups in total. The van der Waals surface area contributed by atoms with Crippen molar-refractivity contribution in [3.63, 3.8) is 0 Å². The first kappa shape index (κ1) is 10.5. The Bertz CT molecular complexity index is 486. The van der Waals surface area contributed by atoms with Gasteiger partial charge >= 0.3 is 0 Å². The topological polar surface area (TPSA) is 61.7 Å². The molecule has 0 fully saturated rings. The van der Waals surface area contributed by atoms with Crippen LogP contribution in [0, 0.1) is 11.6 Å². The minimum atomic E-state index is -0.920. The molecule has 1 aromatic carbocycles. The maximum Gasteiger partial charge on any atom is 0.240 e. The van der Waals surface area contributed by atoms with Gasteiger partial charge in [0.05, 0.1) is 5.71 Å². The van der Waals surface area contributed by atoms with Gasteiger partial charge in [-0.3, -0.25) is 4.79 Å². The summed E-state index contributed by atoms with van der Waals surface area (Å²) in [4.78, 5) is 10.8. The van der Waals surface area contributed by atoms with Gasteiger partial charge in [-0.1, -0.05) is 0 Å². The van der Waals surface area contributed by atoms with E-state index in [-0.39, 0.29) is 30.0 Å². The van der Waals surface area contributed by atoms with E-state index in [1.807, 2.05) is 0 Å². The molecule has 1 aliphatic heterocycles. The van der Waals surface area contributed by atoms with E-state index in [1.165, 1.54) is 0 Å². The van der Waals surface area contributed by atoms with Gasteiger partial charge in [0.1, 0.15) is 5.82 Å². The van der Waals surface area contributed by atoms with Crippen LogP contribution in [0.25, 0.3) is 0 Å². The fourth-order valence-corrected chi connectivity index (χ4v) is 1.43. The third kappa shape index (κ3) is 1.86. The second kappa shape index (κ2) is 3.88. The molecule has 0 saturated carbocycles. The summed E-state index contributed by atoms with van der Waals surface area (Å²) < 4.78 is 26.4. The van der Waals surface area contributed by atoms with Gasteiger partial charge in [-0.25, -0.2) is 14.2 Å². The average molecular weight is 226 g/mol. The standard InChI is InChI=1S/C10H8F2N2O2/c11-6-4-9(15)7(12)3-5(6)8-1-2-10(16)14-13-8/h3-4,15H,1-2H2,(H,14,16). The number of carbonyl (C=O) groups is 1. The number of phenols is 1. The Morgan fingerprint density at radius 3 is 2.62 bits per heavy atom. The number of benzene rings is 1. The third-order valence-electron chi connectivity index (χ3n) is 2.25. The highest BCUT2D eigenvalue weighted by atomic mass is 19.1. The Labute approximate surface area is 89.6 Å². The monoisotopic (exact) mass is 226 g/mol. The Kier molecular flexibility index (Phi) is 2.55. The Hall–Kier alpha value is -1.98. The van der Waals surface area contributed by atoms with Gasteiger partial charge in [-0.2, -0.15) is 5.10 Å². The van der Waals surface area contributed by atoms with Crippen LogP contribution < -0.4 is 5.43 Å². The molecular formula is C10H8F2N2O2. The predicted octanol–water partition coefficient (Wildman–Crippen LogP) is 1.28. The lowest BCUT2D eigenvalue weighted by Gasteiger charge is -2.12. The molecule has 84 valence electrons. The van der Waals surface area contributed by atoms with Crippen molar-refractivity contribution in [1.82, 2.24) is 5.43 Å². The summed E-state index contributed by atoms with van der Waals surface area (Å²) in [6.07, 6.45) is 0.424. The highest BCUT2D eigenvalue weighted by molar-refractivity contribution is 6.04. The highest BCUT2D eigenvalue weighted by Crippen LogP contribution is 2.22. The maximum atomic E-state index is 13.4. The molecular weight excluding hydrogens is 218 g/mol. The number of aromatic hydroxyl groups is 1. The zero-order chi connectivity index (χ0) is 11.7. The molecule has 6 heteroatoms. The fourth-order valence-electron chi connectivity index (χ4n) is 1.43. The molecule has 1 aliphatic rings. The van der Waals surface area contributed by atoms with Crippen LogP contribution in [0.4, 0.5) is 8.78 Å². The number of hydrazone groups is 1. The summed E-state index contributed by atoms with van der Waals surface area (Å²) in [7, 11) is 0. The quantitative estimate of drug-likeness (QED) is 0.757. The molecule has 16 heavy (non-hydrogen) atoms. The van der Waals surface area contributed by atoms with E-state index in [4.69, 9.17) is 5.11 Å². The summed E-state index contributed by atoms with van der Waals surface area (Å²) in [5, 5.41) is 12.6. The van der Waals surface area contributed by atoms with Crippen LogP contribution in [0.2, 0.25) is 0 Å². The van der Waals surface area contributed by atoms with Gasteiger partial charge in [-0.05, 0) is 6.07 Å². The van der Waals surface area contributed by atoms with Gasteiger partial charge in [0.2, 0.25) is 5.91 Å². The lowest BCUT2D eigenvalue weighted by molar-refractivity contribution is -0.121. The van der Waals surface area contributed by atoms with Gasteiger partial charge in [-0.15, -0.1) is 0 Å². The van der Waals surface area contributed by atoms with Gasteiger partial charge < -0.3 is 5.11 Å². The zero-order valence-corrected chi connectivity index (χ0v) is 8.13. The van der Waals surface area contributed by atoms with E-state index in [0.717, 1.165) is 6.07 Å². The number of halogens is 2. The fraction of sp³-hybridized carbons (Fsp3) is 0.200. The number of rotatable bonds is 1. The number of hydrogen-bond acceptors (Lipinski definition) is 3. The largest absolute Gasteiger partial charge is 0.505 e. The van der Waals surface area contributed by atoms with Crippen LogP contribution in [0.1, 0.15) is 18.4 Å². The molecule has 1 amide bonds. The summed E-state index contributed by atoms with van der Waals surface area (Å²) in [6, 6.07) is 1.55. The van der Waals surface area contributed by atoms with Gasteiger partial charge in [0, 0.05) is 24.5 Å². The van der Waals surface area contributed by atoms with E-state index in [2.05, 4.69) is 10.5 Å². The lowest BCUT2D eigenvalue weighted by Crippen LogP contribution is -2.26. The van der Waals surface area contributed by atoms with Crippen molar-refractivity contribution in [3.8, 4) is 5.75 Å². The van der Waals surface area contributed by atoms with E-state index in [1.54, 1.807) is 0 Å². The van der Waals surface area contributed by atoms with Gasteiger partial charge in [0.25, 0.3) is 0 Å². The number of hydrogen-bond donors (Lipinski definition) is 2. The van der Waals surface area contributed by atoms with E-state index < -0.39 is 17.4 Å². The normalized spacial score (nSPS) is 15.6. The minimum absolute atomic E-state index is 0.0460. The van der Waals surface area contributed by atoms with Gasteiger partial charge in [0.15, 0.2) is 11.6 Å². The van der Waals surface area contributed by atoms with Crippen molar-refractivity contribution in [2.24, 2.45) is 5.10 Å². The minimum Gasteiger partial charge on any atom is -0.505 e. The zero-order valence-electron chi connectivity index (χ0n) is 8.13.